The molecule has 3 nitrogen and oxygen atoms in total. The van der Waals surface area contributed by atoms with E-state index in [0.29, 0.717) is 12.3 Å². The third-order valence-corrected chi connectivity index (χ3v) is 4.37. The van der Waals surface area contributed by atoms with E-state index >= 15 is 0 Å². The van der Waals surface area contributed by atoms with E-state index in [-0.39, 0.29) is 16.6 Å². The van der Waals surface area contributed by atoms with E-state index in [0.717, 1.165) is 18.7 Å². The lowest BCUT2D eigenvalue weighted by Crippen LogP contribution is -2.44. The van der Waals surface area contributed by atoms with Crippen molar-refractivity contribution in [3.63, 3.8) is 0 Å². The maximum Gasteiger partial charge on any atom is 0.223 e. The van der Waals surface area contributed by atoms with Gasteiger partial charge in [0.25, 0.3) is 0 Å². The molecule has 0 radical (unpaired) electrons. The van der Waals surface area contributed by atoms with Crippen molar-refractivity contribution in [1.29, 1.82) is 0 Å². The summed E-state index contributed by atoms with van der Waals surface area (Å²) in [6.45, 7) is 8.69. The van der Waals surface area contributed by atoms with Crippen LogP contribution in [0.2, 0.25) is 0 Å². The number of hydrogen-bond acceptors (Lipinski definition) is 3. The summed E-state index contributed by atoms with van der Waals surface area (Å²) < 4.78 is 0. The molecule has 1 aliphatic rings. The van der Waals surface area contributed by atoms with Crippen molar-refractivity contribution >= 4 is 22.8 Å². The molecule has 0 saturated carbocycles. The lowest BCUT2D eigenvalue weighted by molar-refractivity contribution is -0.132. The molecule has 1 saturated heterocycles. The minimum atomic E-state index is -0.0489. The van der Waals surface area contributed by atoms with E-state index in [9.17, 15) is 9.59 Å². The molecule has 0 aromatic rings. The minimum absolute atomic E-state index is 0.0489. The summed E-state index contributed by atoms with van der Waals surface area (Å²) in [6.07, 6.45) is 1.56. The molecule has 0 bridgehead atoms. The summed E-state index contributed by atoms with van der Waals surface area (Å²) in [5.74, 6) is 1.35. The molecule has 1 fully saturated rings. The molecule has 0 spiro atoms. The highest BCUT2D eigenvalue weighted by Gasteiger charge is 2.37. The van der Waals surface area contributed by atoms with Crippen molar-refractivity contribution in [2.45, 2.75) is 46.1 Å². The smallest absolute Gasteiger partial charge is 0.223 e. The summed E-state index contributed by atoms with van der Waals surface area (Å²) in [4.78, 5) is 24.7. The molecule has 0 N–H and O–H groups in total. The highest BCUT2D eigenvalue weighted by Crippen LogP contribution is 2.29. The van der Waals surface area contributed by atoms with Gasteiger partial charge in [-0.1, -0.05) is 18.7 Å². The maximum absolute atomic E-state index is 11.9. The van der Waals surface area contributed by atoms with Gasteiger partial charge in [-0.2, -0.15) is 0 Å². The first-order valence-electron chi connectivity index (χ1n) is 5.80. The first kappa shape index (κ1) is 13.6. The number of nitrogens with zero attached hydrogens (tertiary/aromatic N) is 1. The zero-order chi connectivity index (χ0) is 12.3. The largest absolute Gasteiger partial charge is 0.337 e. The molecule has 0 aromatic heterocycles. The van der Waals surface area contributed by atoms with Crippen LogP contribution in [-0.4, -0.2) is 33.8 Å². The fourth-order valence-corrected chi connectivity index (χ4v) is 2.60. The van der Waals surface area contributed by atoms with Crippen LogP contribution in [0.1, 0.15) is 40.5 Å². The van der Waals surface area contributed by atoms with Crippen molar-refractivity contribution in [2.24, 2.45) is 5.92 Å². The Kier molecular flexibility index (Phi) is 4.42. The van der Waals surface area contributed by atoms with Gasteiger partial charge in [0.1, 0.15) is 0 Å². The third-order valence-electron chi connectivity index (χ3n) is 3.32. The molecule has 1 amide bonds. The van der Waals surface area contributed by atoms with Gasteiger partial charge < -0.3 is 4.90 Å². The van der Waals surface area contributed by atoms with Gasteiger partial charge in [0.15, 0.2) is 5.12 Å². The van der Waals surface area contributed by atoms with Crippen LogP contribution in [0, 0.1) is 5.92 Å². The molecule has 1 atom stereocenters. The second-order valence-corrected chi connectivity index (χ2v) is 6.24. The molecule has 1 rings (SSSR count). The normalized spacial score (nSPS) is 21.6. The first-order chi connectivity index (χ1) is 7.36. The second-order valence-electron chi connectivity index (χ2n) is 5.04. The molecule has 4 heteroatoms. The Morgan fingerprint density at radius 1 is 1.56 bits per heavy atom. The fourth-order valence-electron chi connectivity index (χ4n) is 1.90. The third kappa shape index (κ3) is 3.24. The van der Waals surface area contributed by atoms with Crippen LogP contribution in [0.25, 0.3) is 0 Å². The zero-order valence-corrected chi connectivity index (χ0v) is 11.4. The lowest BCUT2D eigenvalue weighted by Gasteiger charge is -2.35. The molecular weight excluding hydrogens is 222 g/mol. The molecule has 1 heterocycles. The number of hydrogen-bond donors (Lipinski definition) is 0. The van der Waals surface area contributed by atoms with Crippen LogP contribution >= 0.6 is 11.8 Å². The molecule has 16 heavy (non-hydrogen) atoms. The number of thioether (sulfide) groups is 1. The summed E-state index contributed by atoms with van der Waals surface area (Å²) in [5, 5.41) is 0.139. The number of likely N-dealkylation sites (tertiary alicyclic amines) is 1. The van der Waals surface area contributed by atoms with Crippen LogP contribution in [0.4, 0.5) is 0 Å². The Morgan fingerprint density at radius 3 is 2.69 bits per heavy atom. The first-order valence-corrected chi connectivity index (χ1v) is 6.79. The Hall–Kier alpha value is -0.510. The average Bonchev–Trinajstić information content (AvgIpc) is 2.57. The molecule has 92 valence electrons. The van der Waals surface area contributed by atoms with Gasteiger partial charge in [0, 0.05) is 31.2 Å². The number of carbonyl (C=O) groups excluding carboxylic acids is 2. The van der Waals surface area contributed by atoms with Crippen LogP contribution < -0.4 is 0 Å². The van der Waals surface area contributed by atoms with Gasteiger partial charge >= 0.3 is 0 Å². The van der Waals surface area contributed by atoms with E-state index in [1.807, 2.05) is 4.90 Å². The fraction of sp³-hybridized carbons (Fsp3) is 0.833. The number of carbonyl (C=O) groups is 2. The Bertz CT molecular complexity index is 289. The second kappa shape index (κ2) is 5.21. The monoisotopic (exact) mass is 243 g/mol. The van der Waals surface area contributed by atoms with Crippen molar-refractivity contribution in [3.8, 4) is 0 Å². The van der Waals surface area contributed by atoms with E-state index in [2.05, 4.69) is 20.8 Å². The SMILES string of the molecule is CCC(C)(C)N1CC(CSC(C)=O)CC1=O. The topological polar surface area (TPSA) is 37.4 Å². The predicted molar refractivity (Wildman–Crippen MR) is 67.3 cm³/mol. The Labute approximate surface area is 102 Å². The molecule has 0 aromatic carbocycles. The van der Waals surface area contributed by atoms with Gasteiger partial charge in [-0.25, -0.2) is 0 Å². The van der Waals surface area contributed by atoms with Gasteiger partial charge in [0.05, 0.1) is 0 Å². The van der Waals surface area contributed by atoms with Crippen molar-refractivity contribution in [1.82, 2.24) is 4.90 Å². The van der Waals surface area contributed by atoms with Crippen molar-refractivity contribution < 1.29 is 9.59 Å². The van der Waals surface area contributed by atoms with Crippen LogP contribution in [0.3, 0.4) is 0 Å². The lowest BCUT2D eigenvalue weighted by atomic mass is 10.00. The van der Waals surface area contributed by atoms with Gasteiger partial charge in [0.2, 0.25) is 5.91 Å². The summed E-state index contributed by atoms with van der Waals surface area (Å²) in [5.41, 5.74) is -0.0489. The van der Waals surface area contributed by atoms with Crippen LogP contribution in [-0.2, 0) is 9.59 Å². The van der Waals surface area contributed by atoms with Crippen LogP contribution in [0.5, 0.6) is 0 Å². The molecule has 1 unspecified atom stereocenters. The Balaban J connectivity index is 2.54. The highest BCUT2D eigenvalue weighted by atomic mass is 32.2. The number of amides is 1. The average molecular weight is 243 g/mol. The van der Waals surface area contributed by atoms with E-state index in [1.54, 1.807) is 6.92 Å². The summed E-state index contributed by atoms with van der Waals surface area (Å²) >= 11 is 1.33. The Morgan fingerprint density at radius 2 is 2.19 bits per heavy atom. The highest BCUT2D eigenvalue weighted by molar-refractivity contribution is 8.13. The van der Waals surface area contributed by atoms with Gasteiger partial charge in [-0.15, -0.1) is 0 Å². The van der Waals surface area contributed by atoms with E-state index in [1.165, 1.54) is 11.8 Å². The molecular formula is C12H21NO2S. The van der Waals surface area contributed by atoms with Crippen molar-refractivity contribution in [3.05, 3.63) is 0 Å². The number of rotatable bonds is 4. The minimum Gasteiger partial charge on any atom is -0.337 e. The molecule has 1 aliphatic heterocycles. The summed E-state index contributed by atoms with van der Waals surface area (Å²) in [6, 6.07) is 0. The zero-order valence-electron chi connectivity index (χ0n) is 10.6. The maximum atomic E-state index is 11.9. The van der Waals surface area contributed by atoms with Crippen molar-refractivity contribution in [2.75, 3.05) is 12.3 Å². The van der Waals surface area contributed by atoms with Crippen LogP contribution in [0.15, 0.2) is 0 Å². The van der Waals surface area contributed by atoms with Gasteiger partial charge in [-0.05, 0) is 26.2 Å². The predicted octanol–water partition coefficient (Wildman–Crippen LogP) is 2.30. The van der Waals surface area contributed by atoms with Gasteiger partial charge in [-0.3, -0.25) is 9.59 Å². The quantitative estimate of drug-likeness (QED) is 0.760. The molecule has 0 aliphatic carbocycles. The van der Waals surface area contributed by atoms with E-state index < -0.39 is 0 Å². The standard InChI is InChI=1S/C12H21NO2S/c1-5-12(3,4)13-7-10(6-11(13)15)8-16-9(2)14/h10H,5-8H2,1-4H3. The summed E-state index contributed by atoms with van der Waals surface area (Å²) in [7, 11) is 0. The van der Waals surface area contributed by atoms with E-state index in [4.69, 9.17) is 0 Å².